The summed E-state index contributed by atoms with van der Waals surface area (Å²) in [5, 5.41) is 9.10. The van der Waals surface area contributed by atoms with Crippen LogP contribution in [0.3, 0.4) is 0 Å². The highest BCUT2D eigenvalue weighted by atomic mass is 79.9. The average Bonchev–Trinajstić information content (AvgIpc) is 2.46. The Morgan fingerprint density at radius 1 is 1.27 bits per heavy atom. The Kier molecular flexibility index (Phi) is 6.74. The van der Waals surface area contributed by atoms with E-state index in [-0.39, 0.29) is 12.3 Å². The van der Waals surface area contributed by atoms with Crippen LogP contribution < -0.4 is 0 Å². The smallest absolute Gasteiger partial charge is 0.329 e. The van der Waals surface area contributed by atoms with Gasteiger partial charge in [0.1, 0.15) is 5.54 Å². The molecular weight excluding hydrogens is 370 g/mol. The van der Waals surface area contributed by atoms with Crippen molar-refractivity contribution in [3.63, 3.8) is 0 Å². The van der Waals surface area contributed by atoms with E-state index in [1.807, 2.05) is 12.1 Å². The van der Waals surface area contributed by atoms with Crippen molar-refractivity contribution in [2.45, 2.75) is 37.1 Å². The maximum atomic E-state index is 12.1. The van der Waals surface area contributed by atoms with E-state index < -0.39 is 22.3 Å². The minimum atomic E-state index is -1.25. The molecule has 5 nitrogen and oxygen atoms in total. The first-order valence-corrected chi connectivity index (χ1v) is 8.91. The molecule has 0 heterocycles. The highest BCUT2D eigenvalue weighted by molar-refractivity contribution is 9.10. The molecule has 0 saturated heterocycles. The Balaban J connectivity index is 2.50. The predicted molar refractivity (Wildman–Crippen MR) is 89.1 cm³/mol. The molecule has 122 valence electrons. The summed E-state index contributed by atoms with van der Waals surface area (Å²) in [5.74, 6) is -0.948. The molecule has 0 fully saturated rings. The Morgan fingerprint density at radius 3 is 2.32 bits per heavy atom. The summed E-state index contributed by atoms with van der Waals surface area (Å²) in [7, 11) is 0.315. The lowest BCUT2D eigenvalue weighted by Crippen LogP contribution is -2.50. The molecule has 0 radical (unpaired) electrons. The number of carbonyl (C=O) groups excluding carboxylic acids is 1. The molecule has 0 saturated carbocycles. The molecule has 1 rings (SSSR count). The Bertz CT molecular complexity index is 571. The summed E-state index contributed by atoms with van der Waals surface area (Å²) in [6, 6.07) is 7.20. The van der Waals surface area contributed by atoms with Crippen LogP contribution in [-0.2, 0) is 20.4 Å². The molecule has 0 aliphatic heterocycles. The molecule has 1 amide bonds. The highest BCUT2D eigenvalue weighted by Crippen LogP contribution is 2.16. The second-order valence-corrected chi connectivity index (χ2v) is 7.91. The van der Waals surface area contributed by atoms with Crippen molar-refractivity contribution in [3.05, 3.63) is 28.7 Å². The van der Waals surface area contributed by atoms with Crippen LogP contribution in [0.1, 0.15) is 26.7 Å². The second-order valence-electron chi connectivity index (χ2n) is 5.42. The number of carboxylic acids is 1. The number of amides is 1. The van der Waals surface area contributed by atoms with Crippen molar-refractivity contribution in [3.8, 4) is 0 Å². The van der Waals surface area contributed by atoms with E-state index in [2.05, 4.69) is 15.9 Å². The second kappa shape index (κ2) is 7.87. The zero-order valence-corrected chi connectivity index (χ0v) is 15.2. The van der Waals surface area contributed by atoms with Gasteiger partial charge in [0.05, 0.1) is 10.8 Å². The fraction of sp³-hybridized carbons (Fsp3) is 0.467. The Hall–Kier alpha value is -1.21. The molecular formula is C15H20BrNO4S. The number of carbonyl (C=O) groups is 2. The minimum absolute atomic E-state index is 0.176. The number of rotatable bonds is 7. The molecule has 0 bridgehead atoms. The monoisotopic (exact) mass is 389 g/mol. The van der Waals surface area contributed by atoms with E-state index in [4.69, 9.17) is 5.11 Å². The molecule has 1 N–H and O–H groups in total. The molecule has 22 heavy (non-hydrogen) atoms. The van der Waals surface area contributed by atoms with Crippen LogP contribution in [-0.4, -0.2) is 44.4 Å². The Labute approximate surface area is 141 Å². The van der Waals surface area contributed by atoms with Gasteiger partial charge in [0.2, 0.25) is 5.91 Å². The van der Waals surface area contributed by atoms with Gasteiger partial charge in [-0.15, -0.1) is 0 Å². The van der Waals surface area contributed by atoms with Gasteiger partial charge < -0.3 is 10.0 Å². The van der Waals surface area contributed by atoms with Gasteiger partial charge in [-0.3, -0.25) is 9.00 Å². The van der Waals surface area contributed by atoms with E-state index in [0.29, 0.717) is 12.2 Å². The quantitative estimate of drug-likeness (QED) is 0.777. The molecule has 0 aliphatic rings. The van der Waals surface area contributed by atoms with Crippen molar-refractivity contribution >= 4 is 38.6 Å². The standard InChI is InChI=1S/C15H20BrNO4S/c1-15(2,14(19)20)17(3)13(18)5-4-10-22(21)12-8-6-11(16)7-9-12/h6-9H,4-5,10H2,1-3H3,(H,19,20). The highest BCUT2D eigenvalue weighted by Gasteiger charge is 2.34. The lowest BCUT2D eigenvalue weighted by atomic mass is 10.0. The summed E-state index contributed by atoms with van der Waals surface area (Å²) in [4.78, 5) is 25.1. The van der Waals surface area contributed by atoms with E-state index in [9.17, 15) is 13.8 Å². The molecule has 1 aromatic rings. The van der Waals surface area contributed by atoms with Gasteiger partial charge in [0, 0.05) is 28.6 Å². The molecule has 1 unspecified atom stereocenters. The van der Waals surface area contributed by atoms with Gasteiger partial charge >= 0.3 is 5.97 Å². The number of hydrogen-bond donors (Lipinski definition) is 1. The maximum Gasteiger partial charge on any atom is 0.329 e. The van der Waals surface area contributed by atoms with Crippen LogP contribution in [0.4, 0.5) is 0 Å². The van der Waals surface area contributed by atoms with Gasteiger partial charge in [0.15, 0.2) is 0 Å². The van der Waals surface area contributed by atoms with Gasteiger partial charge in [-0.1, -0.05) is 15.9 Å². The number of halogens is 1. The van der Waals surface area contributed by atoms with Crippen LogP contribution in [0, 0.1) is 0 Å². The molecule has 7 heteroatoms. The number of aliphatic carboxylic acids is 1. The molecule has 0 aromatic heterocycles. The van der Waals surface area contributed by atoms with Crippen molar-refractivity contribution in [1.29, 1.82) is 0 Å². The number of nitrogens with zero attached hydrogens (tertiary/aromatic N) is 1. The lowest BCUT2D eigenvalue weighted by Gasteiger charge is -2.31. The van der Waals surface area contributed by atoms with Crippen molar-refractivity contribution in [2.24, 2.45) is 0 Å². The number of benzene rings is 1. The van der Waals surface area contributed by atoms with Crippen LogP contribution >= 0.6 is 15.9 Å². The van der Waals surface area contributed by atoms with Gasteiger partial charge in [-0.2, -0.15) is 0 Å². The minimum Gasteiger partial charge on any atom is -0.480 e. The van der Waals surface area contributed by atoms with Crippen LogP contribution in [0.2, 0.25) is 0 Å². The first kappa shape index (κ1) is 18.8. The first-order valence-electron chi connectivity index (χ1n) is 6.80. The van der Waals surface area contributed by atoms with Crippen LogP contribution in [0.15, 0.2) is 33.6 Å². The predicted octanol–water partition coefficient (Wildman–Crippen LogP) is 2.66. The third-order valence-electron chi connectivity index (χ3n) is 3.53. The fourth-order valence-electron chi connectivity index (χ4n) is 1.68. The third-order valence-corrected chi connectivity index (χ3v) is 5.52. The normalized spacial score (nSPS) is 12.7. The zero-order valence-electron chi connectivity index (χ0n) is 12.8. The van der Waals surface area contributed by atoms with E-state index in [0.717, 1.165) is 9.37 Å². The Morgan fingerprint density at radius 2 is 1.82 bits per heavy atom. The summed E-state index contributed by atoms with van der Waals surface area (Å²) in [6.45, 7) is 2.96. The molecule has 1 atom stereocenters. The van der Waals surface area contributed by atoms with Crippen molar-refractivity contribution in [1.82, 2.24) is 4.90 Å². The number of likely N-dealkylation sites (N-methyl/N-ethyl adjacent to an activating group) is 1. The fourth-order valence-corrected chi connectivity index (χ4v) is 3.03. The molecule has 0 aliphatic carbocycles. The number of carboxylic acid groups (broad SMARTS) is 1. The number of hydrogen-bond acceptors (Lipinski definition) is 3. The van der Waals surface area contributed by atoms with Gasteiger partial charge in [-0.25, -0.2) is 4.79 Å². The largest absolute Gasteiger partial charge is 0.480 e. The SMILES string of the molecule is CN(C(=O)CCCS(=O)c1ccc(Br)cc1)C(C)(C)C(=O)O. The molecule has 1 aromatic carbocycles. The van der Waals surface area contributed by atoms with Crippen molar-refractivity contribution in [2.75, 3.05) is 12.8 Å². The first-order chi connectivity index (χ1) is 10.2. The molecule has 0 spiro atoms. The van der Waals surface area contributed by atoms with Crippen LogP contribution in [0.25, 0.3) is 0 Å². The van der Waals surface area contributed by atoms with Crippen LogP contribution in [0.5, 0.6) is 0 Å². The zero-order chi connectivity index (χ0) is 16.9. The summed E-state index contributed by atoms with van der Waals surface area (Å²) >= 11 is 3.32. The summed E-state index contributed by atoms with van der Waals surface area (Å²) in [6.07, 6.45) is 0.622. The third kappa shape index (κ3) is 4.91. The van der Waals surface area contributed by atoms with Gasteiger partial charge in [0.25, 0.3) is 0 Å². The lowest BCUT2D eigenvalue weighted by molar-refractivity contribution is -0.155. The van der Waals surface area contributed by atoms with Crippen molar-refractivity contribution < 1.29 is 18.9 Å². The maximum absolute atomic E-state index is 12.1. The van der Waals surface area contributed by atoms with E-state index >= 15 is 0 Å². The van der Waals surface area contributed by atoms with Gasteiger partial charge in [-0.05, 0) is 44.5 Å². The average molecular weight is 390 g/mol. The van der Waals surface area contributed by atoms with E-state index in [1.54, 1.807) is 12.1 Å². The van der Waals surface area contributed by atoms with E-state index in [1.165, 1.54) is 25.8 Å². The summed E-state index contributed by atoms with van der Waals surface area (Å²) in [5.41, 5.74) is -1.25. The summed E-state index contributed by atoms with van der Waals surface area (Å²) < 4.78 is 13.0. The topological polar surface area (TPSA) is 74.7 Å².